The number of nitrogens with one attached hydrogen (secondary N) is 1. The van der Waals surface area contributed by atoms with Crippen LogP contribution in [0, 0.1) is 10.8 Å². The molecule has 0 amide bonds. The van der Waals surface area contributed by atoms with Gasteiger partial charge in [-0.15, -0.1) is 0 Å². The fourth-order valence-electron chi connectivity index (χ4n) is 1.82. The van der Waals surface area contributed by atoms with Crippen molar-refractivity contribution in [3.63, 3.8) is 0 Å². The summed E-state index contributed by atoms with van der Waals surface area (Å²) in [4.78, 5) is 0. The van der Waals surface area contributed by atoms with Crippen molar-refractivity contribution in [3.05, 3.63) is 0 Å². The molecule has 86 valence electrons. The quantitative estimate of drug-likeness (QED) is 0.685. The van der Waals surface area contributed by atoms with Gasteiger partial charge in [0.1, 0.15) is 0 Å². The molecule has 0 heterocycles. The Balaban J connectivity index is 4.74. The molecule has 0 spiro atoms. The first-order valence-electron chi connectivity index (χ1n) is 5.56. The Kier molecular flexibility index (Phi) is 4.17. The molecule has 2 nitrogen and oxygen atoms in total. The molecule has 0 saturated carbocycles. The minimum atomic E-state index is -0.266. The van der Waals surface area contributed by atoms with Crippen LogP contribution in [0.2, 0.25) is 0 Å². The van der Waals surface area contributed by atoms with E-state index >= 15 is 0 Å². The molecule has 0 aromatic carbocycles. The molecule has 0 rings (SSSR count). The van der Waals surface area contributed by atoms with Crippen molar-refractivity contribution in [2.75, 3.05) is 7.05 Å². The Morgan fingerprint density at radius 2 is 1.50 bits per heavy atom. The average Bonchev–Trinajstić information content (AvgIpc) is 2.01. The van der Waals surface area contributed by atoms with E-state index in [4.69, 9.17) is 5.73 Å². The second-order valence-corrected chi connectivity index (χ2v) is 6.01. The first-order valence-corrected chi connectivity index (χ1v) is 5.56. The van der Waals surface area contributed by atoms with Crippen LogP contribution in [-0.2, 0) is 0 Å². The molecule has 0 aliphatic carbocycles. The number of rotatable bonds is 4. The molecule has 14 heavy (non-hydrogen) atoms. The Morgan fingerprint density at radius 1 is 1.07 bits per heavy atom. The second-order valence-electron chi connectivity index (χ2n) is 6.01. The van der Waals surface area contributed by atoms with Gasteiger partial charge >= 0.3 is 0 Å². The summed E-state index contributed by atoms with van der Waals surface area (Å²) in [5.41, 5.74) is 6.47. The summed E-state index contributed by atoms with van der Waals surface area (Å²) in [6, 6.07) is 0. The molecular weight excluding hydrogens is 172 g/mol. The number of nitrogens with two attached hydrogens (primary N) is 1. The fourth-order valence-corrected chi connectivity index (χ4v) is 1.82. The van der Waals surface area contributed by atoms with E-state index in [1.165, 1.54) is 0 Å². The molecule has 0 saturated heterocycles. The van der Waals surface area contributed by atoms with Crippen LogP contribution in [-0.4, -0.2) is 12.7 Å². The van der Waals surface area contributed by atoms with E-state index in [1.807, 2.05) is 7.05 Å². The van der Waals surface area contributed by atoms with Gasteiger partial charge in [-0.3, -0.25) is 0 Å². The Morgan fingerprint density at radius 3 is 1.71 bits per heavy atom. The van der Waals surface area contributed by atoms with Gasteiger partial charge in [0.25, 0.3) is 0 Å². The van der Waals surface area contributed by atoms with Gasteiger partial charge in [-0.2, -0.15) is 0 Å². The van der Waals surface area contributed by atoms with Crippen LogP contribution >= 0.6 is 0 Å². The summed E-state index contributed by atoms with van der Waals surface area (Å²) in [6.45, 7) is 13.5. The Hall–Kier alpha value is -0.0800. The SMILES string of the molecule is CCC(C)(CC(C)(N)NC)C(C)(C)C. The third-order valence-corrected chi connectivity index (χ3v) is 3.92. The smallest absolute Gasteiger partial charge is 0.0635 e. The van der Waals surface area contributed by atoms with Crippen LogP contribution in [0.25, 0.3) is 0 Å². The van der Waals surface area contributed by atoms with E-state index in [9.17, 15) is 0 Å². The third kappa shape index (κ3) is 3.25. The second kappa shape index (κ2) is 4.19. The van der Waals surface area contributed by atoms with Gasteiger partial charge in [-0.25, -0.2) is 0 Å². The van der Waals surface area contributed by atoms with Crippen LogP contribution in [0.1, 0.15) is 54.4 Å². The van der Waals surface area contributed by atoms with Gasteiger partial charge in [0.2, 0.25) is 0 Å². The first-order chi connectivity index (χ1) is 6.08. The van der Waals surface area contributed by atoms with E-state index in [-0.39, 0.29) is 11.1 Å². The predicted molar refractivity (Wildman–Crippen MR) is 64.1 cm³/mol. The molecule has 0 fully saturated rings. The van der Waals surface area contributed by atoms with Crippen molar-refractivity contribution in [1.29, 1.82) is 0 Å². The summed E-state index contributed by atoms with van der Waals surface area (Å²) in [6.07, 6.45) is 2.15. The molecule has 2 atom stereocenters. The van der Waals surface area contributed by atoms with E-state index < -0.39 is 0 Å². The standard InChI is InChI=1S/C12H28N2/c1-8-11(5,10(2,3)4)9-12(6,13)14-7/h14H,8-9,13H2,1-7H3. The molecule has 0 radical (unpaired) electrons. The van der Waals surface area contributed by atoms with Crippen molar-refractivity contribution in [1.82, 2.24) is 5.32 Å². The lowest BCUT2D eigenvalue weighted by Gasteiger charge is -2.46. The molecule has 0 aromatic heterocycles. The van der Waals surface area contributed by atoms with Crippen LogP contribution in [0.4, 0.5) is 0 Å². The topological polar surface area (TPSA) is 38.0 Å². The van der Waals surface area contributed by atoms with Gasteiger partial charge in [-0.1, -0.05) is 41.0 Å². The first kappa shape index (κ1) is 13.9. The molecule has 0 aliphatic heterocycles. The summed E-state index contributed by atoms with van der Waals surface area (Å²) >= 11 is 0. The zero-order valence-corrected chi connectivity index (χ0v) is 11.0. The van der Waals surface area contributed by atoms with Crippen LogP contribution in [0.3, 0.4) is 0 Å². The fraction of sp³-hybridized carbons (Fsp3) is 1.00. The zero-order valence-electron chi connectivity index (χ0n) is 11.0. The molecule has 0 aromatic rings. The maximum absolute atomic E-state index is 6.16. The predicted octanol–water partition coefficient (Wildman–Crippen LogP) is 2.73. The highest BCUT2D eigenvalue weighted by atomic mass is 15.1. The summed E-state index contributed by atoms with van der Waals surface area (Å²) in [7, 11) is 1.93. The van der Waals surface area contributed by atoms with Gasteiger partial charge < -0.3 is 11.1 Å². The lowest BCUT2D eigenvalue weighted by atomic mass is 9.62. The van der Waals surface area contributed by atoms with Crippen molar-refractivity contribution >= 4 is 0 Å². The van der Waals surface area contributed by atoms with E-state index in [0.29, 0.717) is 5.41 Å². The molecule has 2 unspecified atom stereocenters. The number of hydrogen-bond acceptors (Lipinski definition) is 2. The van der Waals surface area contributed by atoms with Crippen molar-refractivity contribution in [2.45, 2.75) is 60.0 Å². The number of hydrogen-bond donors (Lipinski definition) is 2. The normalized spacial score (nSPS) is 21.4. The highest BCUT2D eigenvalue weighted by molar-refractivity contribution is 4.92. The third-order valence-electron chi connectivity index (χ3n) is 3.92. The van der Waals surface area contributed by atoms with Crippen LogP contribution < -0.4 is 11.1 Å². The molecule has 2 heteroatoms. The molecule has 0 bridgehead atoms. The summed E-state index contributed by atoms with van der Waals surface area (Å²) in [5, 5.41) is 3.18. The van der Waals surface area contributed by atoms with E-state index in [2.05, 4.69) is 46.9 Å². The largest absolute Gasteiger partial charge is 0.314 e. The van der Waals surface area contributed by atoms with Crippen molar-refractivity contribution < 1.29 is 0 Å². The molecular formula is C12H28N2. The highest BCUT2D eigenvalue weighted by Crippen LogP contribution is 2.45. The minimum absolute atomic E-state index is 0.266. The van der Waals surface area contributed by atoms with Crippen molar-refractivity contribution in [3.8, 4) is 0 Å². The van der Waals surface area contributed by atoms with Gasteiger partial charge in [0.05, 0.1) is 5.66 Å². The maximum atomic E-state index is 6.16. The van der Waals surface area contributed by atoms with E-state index in [1.54, 1.807) is 0 Å². The van der Waals surface area contributed by atoms with E-state index in [0.717, 1.165) is 12.8 Å². The summed E-state index contributed by atoms with van der Waals surface area (Å²) in [5.74, 6) is 0. The lowest BCUT2D eigenvalue weighted by Crippen LogP contribution is -2.54. The average molecular weight is 200 g/mol. The lowest BCUT2D eigenvalue weighted by molar-refractivity contribution is 0.0573. The monoisotopic (exact) mass is 200 g/mol. The van der Waals surface area contributed by atoms with Crippen LogP contribution in [0.5, 0.6) is 0 Å². The van der Waals surface area contributed by atoms with Crippen LogP contribution in [0.15, 0.2) is 0 Å². The summed E-state index contributed by atoms with van der Waals surface area (Å²) < 4.78 is 0. The molecule has 0 aliphatic rings. The Bertz CT molecular complexity index is 179. The zero-order chi connectivity index (χ0) is 11.6. The van der Waals surface area contributed by atoms with Gasteiger partial charge in [0.15, 0.2) is 0 Å². The van der Waals surface area contributed by atoms with Gasteiger partial charge in [0, 0.05) is 0 Å². The van der Waals surface area contributed by atoms with Gasteiger partial charge in [-0.05, 0) is 31.2 Å². The Labute approximate surface area is 89.6 Å². The van der Waals surface area contributed by atoms with Crippen molar-refractivity contribution in [2.24, 2.45) is 16.6 Å². The maximum Gasteiger partial charge on any atom is 0.0635 e. The highest BCUT2D eigenvalue weighted by Gasteiger charge is 2.39. The minimum Gasteiger partial charge on any atom is -0.314 e. The molecule has 3 N–H and O–H groups in total.